The minimum absolute atomic E-state index is 0.518. The zero-order valence-corrected chi connectivity index (χ0v) is 10.0. The van der Waals surface area contributed by atoms with Gasteiger partial charge in [-0.2, -0.15) is 0 Å². The van der Waals surface area contributed by atoms with Crippen molar-refractivity contribution in [3.63, 3.8) is 0 Å². The second kappa shape index (κ2) is 4.29. The molecule has 15 heavy (non-hydrogen) atoms. The number of halogens is 1. The maximum absolute atomic E-state index is 5.85. The van der Waals surface area contributed by atoms with Crippen molar-refractivity contribution in [3.8, 4) is 0 Å². The van der Waals surface area contributed by atoms with Gasteiger partial charge in [0.25, 0.3) is 0 Å². The van der Waals surface area contributed by atoms with Crippen molar-refractivity contribution in [2.45, 2.75) is 23.6 Å². The van der Waals surface area contributed by atoms with Crippen LogP contribution in [0, 0.1) is 13.8 Å². The Morgan fingerprint density at radius 3 is 2.80 bits per heavy atom. The number of rotatable bonds is 2. The lowest BCUT2D eigenvalue weighted by atomic mass is 10.3. The molecule has 0 bridgehead atoms. The van der Waals surface area contributed by atoms with Gasteiger partial charge < -0.3 is 4.42 Å². The third kappa shape index (κ3) is 2.36. The molecular formula is C11H10ClNOS. The van der Waals surface area contributed by atoms with E-state index in [2.05, 4.69) is 4.98 Å². The van der Waals surface area contributed by atoms with Crippen LogP contribution >= 0.6 is 23.4 Å². The summed E-state index contributed by atoms with van der Waals surface area (Å²) in [5.41, 5.74) is 1.12. The summed E-state index contributed by atoms with van der Waals surface area (Å²) in [5.74, 6) is 0.923. The predicted molar refractivity (Wildman–Crippen MR) is 61.6 cm³/mol. The molecule has 0 N–H and O–H groups in total. The summed E-state index contributed by atoms with van der Waals surface area (Å²) in [7, 11) is 0. The van der Waals surface area contributed by atoms with E-state index in [1.54, 1.807) is 24.2 Å². The maximum atomic E-state index is 5.85. The van der Waals surface area contributed by atoms with Gasteiger partial charge in [0.15, 0.2) is 0 Å². The molecule has 0 fully saturated rings. The largest absolute Gasteiger partial charge is 0.468 e. The molecule has 0 aliphatic heterocycles. The third-order valence-corrected chi connectivity index (χ3v) is 3.56. The van der Waals surface area contributed by atoms with Gasteiger partial charge in [0.2, 0.25) is 0 Å². The number of nitrogens with zero attached hydrogens (tertiary/aromatic N) is 1. The Kier molecular flexibility index (Phi) is 3.03. The summed E-state index contributed by atoms with van der Waals surface area (Å²) in [6.07, 6.45) is 3.47. The van der Waals surface area contributed by atoms with Crippen LogP contribution in [0.4, 0.5) is 0 Å². The van der Waals surface area contributed by atoms with E-state index in [1.807, 2.05) is 26.0 Å². The van der Waals surface area contributed by atoms with Crippen LogP contribution in [0.15, 0.2) is 38.8 Å². The van der Waals surface area contributed by atoms with Gasteiger partial charge in [0, 0.05) is 11.1 Å². The van der Waals surface area contributed by atoms with Crippen molar-refractivity contribution in [3.05, 3.63) is 41.1 Å². The number of furan rings is 1. The molecule has 0 aromatic carbocycles. The first-order valence-electron chi connectivity index (χ1n) is 4.51. The Morgan fingerprint density at radius 2 is 2.13 bits per heavy atom. The fourth-order valence-electron chi connectivity index (χ4n) is 1.19. The Labute approximate surface area is 97.7 Å². The normalized spacial score (nSPS) is 10.6. The van der Waals surface area contributed by atoms with Crippen LogP contribution in [-0.2, 0) is 0 Å². The first kappa shape index (κ1) is 10.6. The molecule has 0 spiro atoms. The van der Waals surface area contributed by atoms with Crippen molar-refractivity contribution in [1.29, 1.82) is 0 Å². The van der Waals surface area contributed by atoms with Crippen LogP contribution in [0.1, 0.15) is 11.3 Å². The van der Waals surface area contributed by atoms with E-state index in [0.29, 0.717) is 5.15 Å². The summed E-state index contributed by atoms with van der Waals surface area (Å²) < 4.78 is 5.24. The van der Waals surface area contributed by atoms with E-state index in [4.69, 9.17) is 16.0 Å². The van der Waals surface area contributed by atoms with E-state index >= 15 is 0 Å². The molecule has 0 radical (unpaired) electrons. The summed E-state index contributed by atoms with van der Waals surface area (Å²) in [4.78, 5) is 6.24. The lowest BCUT2D eigenvalue weighted by molar-refractivity contribution is 0.527. The smallest absolute Gasteiger partial charge is 0.130 e. The molecule has 0 atom stereocenters. The van der Waals surface area contributed by atoms with E-state index in [0.717, 1.165) is 21.1 Å². The van der Waals surface area contributed by atoms with Crippen molar-refractivity contribution >= 4 is 23.4 Å². The Balaban J connectivity index is 2.32. The number of aromatic nitrogens is 1. The molecule has 2 aromatic heterocycles. The zero-order chi connectivity index (χ0) is 10.8. The van der Waals surface area contributed by atoms with Gasteiger partial charge in [-0.3, -0.25) is 0 Å². The first-order valence-corrected chi connectivity index (χ1v) is 5.70. The Bertz CT molecular complexity index is 481. The Hall–Kier alpha value is -0.930. The summed E-state index contributed by atoms with van der Waals surface area (Å²) >= 11 is 7.49. The van der Waals surface area contributed by atoms with Crippen LogP contribution in [0.2, 0.25) is 5.15 Å². The fraction of sp³-hybridized carbons (Fsp3) is 0.182. The van der Waals surface area contributed by atoms with Gasteiger partial charge in [-0.25, -0.2) is 4.98 Å². The molecule has 0 saturated carbocycles. The summed E-state index contributed by atoms with van der Waals surface area (Å²) in [6.45, 7) is 3.96. The quantitative estimate of drug-likeness (QED) is 0.738. The van der Waals surface area contributed by atoms with Crippen molar-refractivity contribution in [2.75, 3.05) is 0 Å². The maximum Gasteiger partial charge on any atom is 0.130 e. The lowest BCUT2D eigenvalue weighted by Gasteiger charge is -2.03. The second-order valence-corrected chi connectivity index (χ2v) is 4.69. The molecule has 2 heterocycles. The Morgan fingerprint density at radius 1 is 1.33 bits per heavy atom. The number of pyridine rings is 1. The highest BCUT2D eigenvalue weighted by Gasteiger charge is 2.06. The fourth-order valence-corrected chi connectivity index (χ4v) is 2.35. The number of hydrogen-bond donors (Lipinski definition) is 0. The van der Waals surface area contributed by atoms with Crippen LogP contribution in [0.5, 0.6) is 0 Å². The summed E-state index contributed by atoms with van der Waals surface area (Å²) in [5, 5.41) is 0.518. The van der Waals surface area contributed by atoms with Gasteiger partial charge in [0.1, 0.15) is 10.9 Å². The van der Waals surface area contributed by atoms with Gasteiger partial charge >= 0.3 is 0 Å². The summed E-state index contributed by atoms with van der Waals surface area (Å²) in [6, 6.07) is 3.82. The monoisotopic (exact) mass is 239 g/mol. The van der Waals surface area contributed by atoms with E-state index < -0.39 is 0 Å². The molecule has 4 heteroatoms. The van der Waals surface area contributed by atoms with Crippen LogP contribution < -0.4 is 0 Å². The van der Waals surface area contributed by atoms with Crippen LogP contribution in [-0.4, -0.2) is 4.98 Å². The molecule has 0 amide bonds. The van der Waals surface area contributed by atoms with Gasteiger partial charge in [-0.1, -0.05) is 23.4 Å². The molecule has 0 aliphatic carbocycles. The predicted octanol–water partition coefficient (Wildman–Crippen LogP) is 4.10. The first-order chi connectivity index (χ1) is 7.16. The average Bonchev–Trinajstić information content (AvgIpc) is 2.58. The van der Waals surface area contributed by atoms with Crippen molar-refractivity contribution in [2.24, 2.45) is 0 Å². The van der Waals surface area contributed by atoms with Gasteiger partial charge in [-0.15, -0.1) is 0 Å². The second-order valence-electron chi connectivity index (χ2n) is 3.22. The van der Waals surface area contributed by atoms with E-state index in [1.165, 1.54) is 0 Å². The average molecular weight is 240 g/mol. The minimum Gasteiger partial charge on any atom is -0.468 e. The number of aryl methyl sites for hydroxylation is 2. The molecule has 2 aromatic rings. The minimum atomic E-state index is 0.518. The molecule has 0 unspecified atom stereocenters. The molecule has 2 nitrogen and oxygen atoms in total. The molecule has 0 saturated heterocycles. The highest BCUT2D eigenvalue weighted by Crippen LogP contribution is 2.33. The third-order valence-electron chi connectivity index (χ3n) is 2.05. The van der Waals surface area contributed by atoms with E-state index in [9.17, 15) is 0 Å². The van der Waals surface area contributed by atoms with Crippen molar-refractivity contribution < 1.29 is 4.42 Å². The SMILES string of the molecule is Cc1cnc(Cl)cc1Sc1ccoc1C. The van der Waals surface area contributed by atoms with Gasteiger partial charge in [-0.05, 0) is 31.5 Å². The topological polar surface area (TPSA) is 26.0 Å². The highest BCUT2D eigenvalue weighted by molar-refractivity contribution is 7.99. The zero-order valence-electron chi connectivity index (χ0n) is 8.45. The van der Waals surface area contributed by atoms with Crippen LogP contribution in [0.3, 0.4) is 0 Å². The van der Waals surface area contributed by atoms with E-state index in [-0.39, 0.29) is 0 Å². The number of hydrogen-bond acceptors (Lipinski definition) is 3. The standard InChI is InChI=1S/C11H10ClNOS/c1-7-6-13-11(12)5-10(7)15-9-3-4-14-8(9)2/h3-6H,1-2H3. The highest BCUT2D eigenvalue weighted by atomic mass is 35.5. The molecule has 78 valence electrons. The van der Waals surface area contributed by atoms with Crippen molar-refractivity contribution in [1.82, 2.24) is 4.98 Å². The van der Waals surface area contributed by atoms with Crippen LogP contribution in [0.25, 0.3) is 0 Å². The molecule has 2 rings (SSSR count). The van der Waals surface area contributed by atoms with Gasteiger partial charge in [0.05, 0.1) is 11.2 Å². The molecular weight excluding hydrogens is 230 g/mol. The molecule has 0 aliphatic rings. The lowest BCUT2D eigenvalue weighted by Crippen LogP contribution is -1.83.